The maximum atomic E-state index is 12.1. The predicted octanol–water partition coefficient (Wildman–Crippen LogP) is 2.63. The van der Waals surface area contributed by atoms with E-state index in [1.54, 1.807) is 0 Å². The molecular weight excluding hydrogens is 224 g/mol. The quantitative estimate of drug-likeness (QED) is 0.860. The first-order valence-corrected chi connectivity index (χ1v) is 6.47. The van der Waals surface area contributed by atoms with Crippen LogP contribution in [0.25, 0.3) is 0 Å². The summed E-state index contributed by atoms with van der Waals surface area (Å²) >= 11 is 0. The van der Waals surface area contributed by atoms with Crippen molar-refractivity contribution < 1.29 is 4.79 Å². The molecule has 0 aliphatic rings. The summed E-state index contributed by atoms with van der Waals surface area (Å²) in [6, 6.07) is 9.52. The molecule has 0 heterocycles. The van der Waals surface area contributed by atoms with Crippen molar-refractivity contribution in [3.63, 3.8) is 0 Å². The van der Waals surface area contributed by atoms with Crippen molar-refractivity contribution in [2.24, 2.45) is 11.1 Å². The van der Waals surface area contributed by atoms with E-state index in [1.807, 2.05) is 51.1 Å². The van der Waals surface area contributed by atoms with Crippen LogP contribution in [0.5, 0.6) is 0 Å². The van der Waals surface area contributed by atoms with Crippen LogP contribution in [0.1, 0.15) is 45.7 Å². The fourth-order valence-corrected chi connectivity index (χ4v) is 1.76. The van der Waals surface area contributed by atoms with Gasteiger partial charge in [0.15, 0.2) is 0 Å². The smallest absolute Gasteiger partial charge is 0.237 e. The van der Waals surface area contributed by atoms with Gasteiger partial charge in [0.1, 0.15) is 0 Å². The van der Waals surface area contributed by atoms with E-state index < -0.39 is 6.04 Å². The van der Waals surface area contributed by atoms with E-state index in [2.05, 4.69) is 12.2 Å². The Balaban J connectivity index is 2.73. The molecule has 0 saturated carbocycles. The molecule has 3 nitrogen and oxygen atoms in total. The van der Waals surface area contributed by atoms with E-state index in [0.29, 0.717) is 0 Å². The molecule has 1 rings (SSSR count). The second-order valence-corrected chi connectivity index (χ2v) is 5.72. The van der Waals surface area contributed by atoms with Gasteiger partial charge in [-0.05, 0) is 17.4 Å². The van der Waals surface area contributed by atoms with Crippen LogP contribution < -0.4 is 11.1 Å². The highest BCUT2D eigenvalue weighted by atomic mass is 16.2. The van der Waals surface area contributed by atoms with Gasteiger partial charge in [-0.25, -0.2) is 0 Å². The highest BCUT2D eigenvalue weighted by Gasteiger charge is 2.28. The summed E-state index contributed by atoms with van der Waals surface area (Å²) in [5.74, 6) is -0.0850. The lowest BCUT2D eigenvalue weighted by Crippen LogP contribution is -2.49. The normalized spacial score (nSPS) is 14.9. The van der Waals surface area contributed by atoms with Gasteiger partial charge in [0.25, 0.3) is 0 Å². The molecule has 18 heavy (non-hydrogen) atoms. The Morgan fingerprint density at radius 3 is 2.28 bits per heavy atom. The molecule has 3 N–H and O–H groups in total. The summed E-state index contributed by atoms with van der Waals surface area (Å²) in [5, 5.41) is 3.03. The Bertz CT molecular complexity index is 381. The number of hydrogen-bond donors (Lipinski definition) is 2. The fourth-order valence-electron chi connectivity index (χ4n) is 1.76. The van der Waals surface area contributed by atoms with Crippen LogP contribution in [-0.4, -0.2) is 11.9 Å². The molecule has 1 aromatic rings. The molecule has 1 aromatic carbocycles. The monoisotopic (exact) mass is 248 g/mol. The van der Waals surface area contributed by atoms with E-state index in [9.17, 15) is 4.79 Å². The van der Waals surface area contributed by atoms with Crippen LogP contribution >= 0.6 is 0 Å². The van der Waals surface area contributed by atoms with Crippen LogP contribution in [0.15, 0.2) is 30.3 Å². The lowest BCUT2D eigenvalue weighted by atomic mass is 9.86. The maximum absolute atomic E-state index is 12.1. The average Bonchev–Trinajstić information content (AvgIpc) is 2.34. The van der Waals surface area contributed by atoms with Crippen molar-refractivity contribution in [3.8, 4) is 0 Å². The summed E-state index contributed by atoms with van der Waals surface area (Å²) < 4.78 is 0. The molecule has 0 spiro atoms. The maximum Gasteiger partial charge on any atom is 0.237 e. The number of carbonyl (C=O) groups is 1. The number of benzene rings is 1. The Morgan fingerprint density at radius 2 is 1.83 bits per heavy atom. The minimum atomic E-state index is -0.490. The number of nitrogens with one attached hydrogen (secondary N) is 1. The third-order valence-electron chi connectivity index (χ3n) is 3.14. The SMILES string of the molecule is CC[C@@H](NC(=O)[C@H](N)C(C)(C)C)c1ccccc1. The zero-order valence-corrected chi connectivity index (χ0v) is 11.7. The minimum absolute atomic E-state index is 0.0344. The number of carbonyl (C=O) groups excluding carboxylic acids is 1. The van der Waals surface area contributed by atoms with E-state index in [-0.39, 0.29) is 17.4 Å². The van der Waals surface area contributed by atoms with Crippen molar-refractivity contribution >= 4 is 5.91 Å². The molecule has 2 atom stereocenters. The van der Waals surface area contributed by atoms with E-state index >= 15 is 0 Å². The Morgan fingerprint density at radius 1 is 1.28 bits per heavy atom. The molecule has 3 heteroatoms. The molecule has 0 bridgehead atoms. The summed E-state index contributed by atoms with van der Waals surface area (Å²) in [7, 11) is 0. The number of nitrogens with two attached hydrogens (primary N) is 1. The first-order chi connectivity index (χ1) is 8.36. The standard InChI is InChI=1S/C15H24N2O/c1-5-12(11-9-7-6-8-10-11)17-14(18)13(16)15(2,3)4/h6-10,12-13H,5,16H2,1-4H3,(H,17,18)/t12-,13+/m1/s1. The molecular formula is C15H24N2O. The highest BCUT2D eigenvalue weighted by Crippen LogP contribution is 2.20. The van der Waals surface area contributed by atoms with Crippen LogP contribution in [-0.2, 0) is 4.79 Å². The molecule has 0 unspecified atom stereocenters. The third-order valence-corrected chi connectivity index (χ3v) is 3.14. The number of amides is 1. The molecule has 0 radical (unpaired) electrons. The topological polar surface area (TPSA) is 55.1 Å². The average molecular weight is 248 g/mol. The lowest BCUT2D eigenvalue weighted by molar-refractivity contribution is -0.125. The van der Waals surface area contributed by atoms with Gasteiger partial charge in [0.05, 0.1) is 12.1 Å². The summed E-state index contributed by atoms with van der Waals surface area (Å²) in [5.41, 5.74) is 6.86. The molecule has 0 saturated heterocycles. The van der Waals surface area contributed by atoms with E-state index in [1.165, 1.54) is 0 Å². The lowest BCUT2D eigenvalue weighted by Gasteiger charge is -2.28. The van der Waals surface area contributed by atoms with Gasteiger partial charge >= 0.3 is 0 Å². The number of hydrogen-bond acceptors (Lipinski definition) is 2. The van der Waals surface area contributed by atoms with Crippen LogP contribution in [0.2, 0.25) is 0 Å². The minimum Gasteiger partial charge on any atom is -0.348 e. The van der Waals surface area contributed by atoms with Gasteiger partial charge in [0.2, 0.25) is 5.91 Å². The van der Waals surface area contributed by atoms with Gasteiger partial charge in [-0.1, -0.05) is 58.0 Å². The van der Waals surface area contributed by atoms with Crippen molar-refractivity contribution in [1.82, 2.24) is 5.32 Å². The first kappa shape index (κ1) is 14.7. The summed E-state index contributed by atoms with van der Waals surface area (Å²) in [6.07, 6.45) is 0.854. The van der Waals surface area contributed by atoms with Gasteiger partial charge in [-0.2, -0.15) is 0 Å². The second-order valence-electron chi connectivity index (χ2n) is 5.72. The first-order valence-electron chi connectivity index (χ1n) is 6.47. The predicted molar refractivity (Wildman–Crippen MR) is 75.0 cm³/mol. The fraction of sp³-hybridized carbons (Fsp3) is 0.533. The van der Waals surface area contributed by atoms with Crippen molar-refractivity contribution in [1.29, 1.82) is 0 Å². The van der Waals surface area contributed by atoms with Crippen LogP contribution in [0, 0.1) is 5.41 Å². The summed E-state index contributed by atoms with van der Waals surface area (Å²) in [6.45, 7) is 7.97. The summed E-state index contributed by atoms with van der Waals surface area (Å²) in [4.78, 5) is 12.1. The highest BCUT2D eigenvalue weighted by molar-refractivity contribution is 5.82. The largest absolute Gasteiger partial charge is 0.348 e. The molecule has 0 aromatic heterocycles. The third kappa shape index (κ3) is 3.84. The molecule has 100 valence electrons. The zero-order valence-electron chi connectivity index (χ0n) is 11.7. The molecule has 0 aliphatic heterocycles. The van der Waals surface area contributed by atoms with Gasteiger partial charge in [-0.15, -0.1) is 0 Å². The Labute approximate surface area is 110 Å². The molecule has 0 fully saturated rings. The van der Waals surface area contributed by atoms with Crippen molar-refractivity contribution in [2.75, 3.05) is 0 Å². The van der Waals surface area contributed by atoms with Crippen LogP contribution in [0.3, 0.4) is 0 Å². The Kier molecular flexibility index (Phi) is 4.91. The molecule has 1 amide bonds. The van der Waals surface area contributed by atoms with Crippen molar-refractivity contribution in [2.45, 2.75) is 46.2 Å². The van der Waals surface area contributed by atoms with Crippen molar-refractivity contribution in [3.05, 3.63) is 35.9 Å². The van der Waals surface area contributed by atoms with E-state index in [4.69, 9.17) is 5.73 Å². The van der Waals surface area contributed by atoms with Crippen LogP contribution in [0.4, 0.5) is 0 Å². The van der Waals surface area contributed by atoms with Gasteiger partial charge in [-0.3, -0.25) is 4.79 Å². The van der Waals surface area contributed by atoms with Gasteiger partial charge in [0, 0.05) is 0 Å². The second kappa shape index (κ2) is 6.01. The molecule has 0 aliphatic carbocycles. The Hall–Kier alpha value is -1.35. The van der Waals surface area contributed by atoms with E-state index in [0.717, 1.165) is 12.0 Å². The zero-order chi connectivity index (χ0) is 13.8. The van der Waals surface area contributed by atoms with Gasteiger partial charge < -0.3 is 11.1 Å². The number of rotatable bonds is 4.